The van der Waals surface area contributed by atoms with Gasteiger partial charge in [0.15, 0.2) is 0 Å². The summed E-state index contributed by atoms with van der Waals surface area (Å²) < 4.78 is 10.9. The Labute approximate surface area is 126 Å². The third kappa shape index (κ3) is 2.65. The summed E-state index contributed by atoms with van der Waals surface area (Å²) in [5, 5.41) is 10.6. The zero-order chi connectivity index (χ0) is 15.9. The Kier molecular flexibility index (Phi) is 3.75. The van der Waals surface area contributed by atoms with Crippen molar-refractivity contribution >= 4 is 17.8 Å². The fourth-order valence-electron chi connectivity index (χ4n) is 2.82. The number of hydrogen-bond donors (Lipinski definition) is 1. The molecule has 4 atom stereocenters. The Morgan fingerprint density at radius 2 is 2.09 bits per heavy atom. The van der Waals surface area contributed by atoms with E-state index in [1.54, 1.807) is 0 Å². The van der Waals surface area contributed by atoms with Crippen LogP contribution < -0.4 is 0 Å². The lowest BCUT2D eigenvalue weighted by molar-refractivity contribution is -0.202. The van der Waals surface area contributed by atoms with Gasteiger partial charge in [-0.15, -0.1) is 11.6 Å². The molecule has 0 aromatic carbocycles. The zero-order valence-electron chi connectivity index (χ0n) is 11.9. The first kappa shape index (κ1) is 15.1. The first-order chi connectivity index (χ1) is 10.4. The molecule has 8 nitrogen and oxygen atoms in total. The Bertz CT molecular complexity index is 511. The van der Waals surface area contributed by atoms with Crippen LogP contribution in [-0.2, 0) is 28.7 Å². The normalized spacial score (nSPS) is 37.5. The average molecular weight is 311 g/mol. The summed E-state index contributed by atoms with van der Waals surface area (Å²) in [4.78, 5) is 39.5. The Morgan fingerprint density at radius 1 is 1.45 bits per heavy atom. The van der Waals surface area contributed by atoms with E-state index in [-0.39, 0.29) is 19.3 Å². The van der Waals surface area contributed by atoms with Crippen molar-refractivity contribution in [3.63, 3.8) is 0 Å². The number of carbonyl (C=O) groups is 3. The van der Waals surface area contributed by atoms with Crippen molar-refractivity contribution in [2.24, 2.45) is 0 Å². The van der Waals surface area contributed by atoms with E-state index in [2.05, 4.69) is 6.58 Å². The van der Waals surface area contributed by atoms with Crippen molar-refractivity contribution in [1.82, 2.24) is 5.06 Å². The molecule has 3 heterocycles. The van der Waals surface area contributed by atoms with Gasteiger partial charge >= 0.3 is 5.97 Å². The molecule has 3 aliphatic rings. The molecule has 3 aliphatic heterocycles. The van der Waals surface area contributed by atoms with Gasteiger partial charge < -0.3 is 19.4 Å². The standard InChI is InChI=1S/C14H17NO7/c1-2-9-13(19)14(7-20-14)6-8(21-9)5-12(18)22-15-10(16)3-4-11(15)17/h2,8-9,13,19H,1,3-7H2/t8-,9-,13-,14-/m1/s1. The maximum Gasteiger partial charge on any atom is 0.335 e. The second-order valence-corrected chi connectivity index (χ2v) is 5.71. The van der Waals surface area contributed by atoms with Crippen LogP contribution in [0, 0.1) is 0 Å². The molecule has 0 saturated carbocycles. The number of epoxide rings is 1. The summed E-state index contributed by atoms with van der Waals surface area (Å²) >= 11 is 0. The lowest BCUT2D eigenvalue weighted by Crippen LogP contribution is -2.50. The summed E-state index contributed by atoms with van der Waals surface area (Å²) in [6.45, 7) is 3.99. The minimum Gasteiger partial charge on any atom is -0.387 e. The second-order valence-electron chi connectivity index (χ2n) is 5.71. The number of amides is 2. The van der Waals surface area contributed by atoms with Crippen LogP contribution in [0.5, 0.6) is 0 Å². The Hall–Kier alpha value is -1.77. The number of nitrogens with zero attached hydrogens (tertiary/aromatic N) is 1. The van der Waals surface area contributed by atoms with Gasteiger partial charge in [0.05, 0.1) is 19.1 Å². The highest BCUT2D eigenvalue weighted by Gasteiger charge is 2.58. The molecular formula is C14H17NO7. The fourth-order valence-corrected chi connectivity index (χ4v) is 2.82. The largest absolute Gasteiger partial charge is 0.387 e. The molecule has 0 aromatic heterocycles. The predicted molar refractivity (Wildman–Crippen MR) is 70.0 cm³/mol. The van der Waals surface area contributed by atoms with Crippen LogP contribution in [0.25, 0.3) is 0 Å². The SMILES string of the molecule is C=C[C@H]1O[C@H](CC(=O)ON2C(=O)CCC2=O)C[C@@]2(CO2)[C@@H]1O. The number of rotatable bonds is 4. The van der Waals surface area contributed by atoms with Crippen LogP contribution in [0.3, 0.4) is 0 Å². The number of aliphatic hydroxyl groups is 1. The maximum absolute atomic E-state index is 11.9. The summed E-state index contributed by atoms with van der Waals surface area (Å²) in [6.07, 6.45) is -0.229. The summed E-state index contributed by atoms with van der Waals surface area (Å²) in [6, 6.07) is 0. The number of imide groups is 1. The molecular weight excluding hydrogens is 294 g/mol. The van der Waals surface area contributed by atoms with E-state index in [4.69, 9.17) is 14.3 Å². The number of carbonyl (C=O) groups excluding carboxylic acids is 3. The fraction of sp³-hybridized carbons (Fsp3) is 0.643. The molecule has 1 spiro atoms. The highest BCUT2D eigenvalue weighted by atomic mass is 16.7. The molecule has 2 amide bonds. The minimum atomic E-state index is -0.820. The Morgan fingerprint density at radius 3 is 2.64 bits per heavy atom. The van der Waals surface area contributed by atoms with Crippen molar-refractivity contribution in [3.05, 3.63) is 12.7 Å². The minimum absolute atomic E-state index is 0.0493. The predicted octanol–water partition coefficient (Wildman–Crippen LogP) is -0.543. The van der Waals surface area contributed by atoms with Crippen molar-refractivity contribution in [2.75, 3.05) is 6.61 Å². The van der Waals surface area contributed by atoms with E-state index >= 15 is 0 Å². The van der Waals surface area contributed by atoms with E-state index in [9.17, 15) is 19.5 Å². The molecule has 8 heteroatoms. The lowest BCUT2D eigenvalue weighted by Gasteiger charge is -2.36. The van der Waals surface area contributed by atoms with Crippen LogP contribution in [0.2, 0.25) is 0 Å². The van der Waals surface area contributed by atoms with Crippen molar-refractivity contribution < 1.29 is 33.8 Å². The number of aliphatic hydroxyl groups excluding tert-OH is 1. The van der Waals surface area contributed by atoms with Gasteiger partial charge in [-0.05, 0) is 0 Å². The molecule has 0 aromatic rings. The molecule has 0 unspecified atom stereocenters. The van der Waals surface area contributed by atoms with E-state index in [1.807, 2.05) is 0 Å². The smallest absolute Gasteiger partial charge is 0.335 e. The van der Waals surface area contributed by atoms with Gasteiger partial charge in [0.25, 0.3) is 11.8 Å². The van der Waals surface area contributed by atoms with Crippen LogP contribution in [0.1, 0.15) is 25.7 Å². The zero-order valence-corrected chi connectivity index (χ0v) is 11.9. The van der Waals surface area contributed by atoms with Crippen molar-refractivity contribution in [2.45, 2.75) is 49.6 Å². The van der Waals surface area contributed by atoms with Gasteiger partial charge in [-0.1, -0.05) is 6.08 Å². The molecule has 0 radical (unpaired) electrons. The van der Waals surface area contributed by atoms with Gasteiger partial charge in [0, 0.05) is 19.3 Å². The van der Waals surface area contributed by atoms with Gasteiger partial charge in [-0.25, -0.2) is 4.79 Å². The summed E-state index contributed by atoms with van der Waals surface area (Å²) in [7, 11) is 0. The van der Waals surface area contributed by atoms with Crippen LogP contribution in [-0.4, -0.2) is 58.5 Å². The third-order valence-electron chi connectivity index (χ3n) is 4.11. The van der Waals surface area contributed by atoms with Crippen LogP contribution in [0.15, 0.2) is 12.7 Å². The summed E-state index contributed by atoms with van der Waals surface area (Å²) in [5.74, 6) is -1.78. The first-order valence-corrected chi connectivity index (χ1v) is 7.12. The first-order valence-electron chi connectivity index (χ1n) is 7.12. The van der Waals surface area contributed by atoms with E-state index < -0.39 is 41.7 Å². The number of hydroxylamine groups is 2. The highest BCUT2D eigenvalue weighted by molar-refractivity contribution is 6.01. The highest BCUT2D eigenvalue weighted by Crippen LogP contribution is 2.43. The molecule has 3 fully saturated rings. The molecule has 22 heavy (non-hydrogen) atoms. The molecule has 1 N–H and O–H groups in total. The quantitative estimate of drug-likeness (QED) is 0.422. The Balaban J connectivity index is 1.58. The number of hydrogen-bond acceptors (Lipinski definition) is 7. The molecule has 0 bridgehead atoms. The van der Waals surface area contributed by atoms with Gasteiger partial charge in [0.2, 0.25) is 0 Å². The number of ether oxygens (including phenoxy) is 2. The maximum atomic E-state index is 11.9. The molecule has 0 aliphatic carbocycles. The molecule has 3 saturated heterocycles. The van der Waals surface area contributed by atoms with Crippen molar-refractivity contribution in [1.29, 1.82) is 0 Å². The van der Waals surface area contributed by atoms with Gasteiger partial charge in [-0.3, -0.25) is 9.59 Å². The monoisotopic (exact) mass is 311 g/mol. The molecule has 3 rings (SSSR count). The van der Waals surface area contributed by atoms with Gasteiger partial charge in [0.1, 0.15) is 17.8 Å². The lowest BCUT2D eigenvalue weighted by atomic mass is 9.88. The third-order valence-corrected chi connectivity index (χ3v) is 4.11. The van der Waals surface area contributed by atoms with E-state index in [0.717, 1.165) is 0 Å². The van der Waals surface area contributed by atoms with E-state index in [1.165, 1.54) is 6.08 Å². The summed E-state index contributed by atoms with van der Waals surface area (Å²) in [5.41, 5.74) is -0.693. The van der Waals surface area contributed by atoms with Crippen LogP contribution in [0.4, 0.5) is 0 Å². The van der Waals surface area contributed by atoms with Gasteiger partial charge in [-0.2, -0.15) is 0 Å². The van der Waals surface area contributed by atoms with Crippen LogP contribution >= 0.6 is 0 Å². The van der Waals surface area contributed by atoms with Crippen molar-refractivity contribution in [3.8, 4) is 0 Å². The second kappa shape index (κ2) is 5.45. The average Bonchev–Trinajstić information content (AvgIpc) is 3.19. The molecule has 120 valence electrons. The van der Waals surface area contributed by atoms with E-state index in [0.29, 0.717) is 18.1 Å². The topological polar surface area (TPSA) is 106 Å².